The summed E-state index contributed by atoms with van der Waals surface area (Å²) in [5, 5.41) is 10.5. The Morgan fingerprint density at radius 1 is 1.24 bits per heavy atom. The molecule has 0 bridgehead atoms. The van der Waals surface area contributed by atoms with Crippen molar-refractivity contribution in [2.24, 2.45) is 0 Å². The average molecular weight is 376 g/mol. The van der Waals surface area contributed by atoms with Crippen LogP contribution in [0.15, 0.2) is 44.7 Å². The monoisotopic (exact) mass is 374 g/mol. The first-order valence-corrected chi connectivity index (χ1v) is 7.60. The SMILES string of the molecule is CC(O)(Cc1ccc(Br)s1)c1cccc(Br)c1. The Balaban J connectivity index is 2.24. The summed E-state index contributed by atoms with van der Waals surface area (Å²) >= 11 is 8.52. The molecule has 0 radical (unpaired) electrons. The Labute approximate surface area is 122 Å². The summed E-state index contributed by atoms with van der Waals surface area (Å²) in [7, 11) is 0. The number of thiophene rings is 1. The van der Waals surface area contributed by atoms with Crippen molar-refractivity contribution in [3.63, 3.8) is 0 Å². The fourth-order valence-electron chi connectivity index (χ4n) is 1.71. The van der Waals surface area contributed by atoms with Crippen LogP contribution in [0.25, 0.3) is 0 Å². The lowest BCUT2D eigenvalue weighted by Gasteiger charge is -2.23. The smallest absolute Gasteiger partial charge is 0.0916 e. The predicted octanol–water partition coefficient (Wildman–Crippen LogP) is 4.72. The van der Waals surface area contributed by atoms with E-state index in [1.807, 2.05) is 43.3 Å². The molecule has 0 fully saturated rings. The van der Waals surface area contributed by atoms with Gasteiger partial charge in [0.1, 0.15) is 0 Å². The number of halogens is 2. The minimum absolute atomic E-state index is 0.625. The van der Waals surface area contributed by atoms with E-state index >= 15 is 0 Å². The number of rotatable bonds is 3. The Kier molecular flexibility index (Phi) is 4.08. The van der Waals surface area contributed by atoms with Gasteiger partial charge in [-0.3, -0.25) is 0 Å². The van der Waals surface area contributed by atoms with E-state index in [0.717, 1.165) is 13.8 Å². The van der Waals surface area contributed by atoms with E-state index in [1.54, 1.807) is 11.3 Å². The van der Waals surface area contributed by atoms with Crippen LogP contribution in [0.4, 0.5) is 0 Å². The van der Waals surface area contributed by atoms with Crippen LogP contribution in [0, 0.1) is 0 Å². The third-order valence-corrected chi connectivity index (χ3v) is 4.71. The molecule has 1 atom stereocenters. The highest BCUT2D eigenvalue weighted by Gasteiger charge is 2.24. The minimum atomic E-state index is -0.839. The molecule has 90 valence electrons. The van der Waals surface area contributed by atoms with Crippen molar-refractivity contribution in [2.45, 2.75) is 18.9 Å². The van der Waals surface area contributed by atoms with Gasteiger partial charge in [-0.1, -0.05) is 28.1 Å². The van der Waals surface area contributed by atoms with Gasteiger partial charge in [0.2, 0.25) is 0 Å². The predicted molar refractivity (Wildman–Crippen MR) is 79.4 cm³/mol. The third kappa shape index (κ3) is 3.41. The third-order valence-electron chi connectivity index (χ3n) is 2.59. The molecule has 0 aliphatic heterocycles. The van der Waals surface area contributed by atoms with E-state index in [9.17, 15) is 5.11 Å². The summed E-state index contributed by atoms with van der Waals surface area (Å²) in [6, 6.07) is 11.9. The van der Waals surface area contributed by atoms with Crippen molar-refractivity contribution in [3.8, 4) is 0 Å². The molecule has 1 aromatic heterocycles. The number of hydrogen-bond acceptors (Lipinski definition) is 2. The molecule has 0 spiro atoms. The Bertz CT molecular complexity index is 520. The van der Waals surface area contributed by atoms with Crippen LogP contribution in [-0.2, 0) is 12.0 Å². The van der Waals surface area contributed by atoms with Gasteiger partial charge in [0.25, 0.3) is 0 Å². The molecule has 1 heterocycles. The maximum atomic E-state index is 10.5. The Morgan fingerprint density at radius 3 is 2.59 bits per heavy atom. The molecule has 0 amide bonds. The van der Waals surface area contributed by atoms with Crippen molar-refractivity contribution in [1.29, 1.82) is 0 Å². The van der Waals surface area contributed by atoms with Crippen molar-refractivity contribution in [3.05, 3.63) is 55.1 Å². The summed E-state index contributed by atoms with van der Waals surface area (Å²) in [5.74, 6) is 0. The minimum Gasteiger partial charge on any atom is -0.385 e. The van der Waals surface area contributed by atoms with E-state index in [1.165, 1.54) is 4.88 Å². The van der Waals surface area contributed by atoms with Gasteiger partial charge in [0.05, 0.1) is 9.39 Å². The first-order valence-electron chi connectivity index (χ1n) is 5.20. The molecule has 1 N–H and O–H groups in total. The topological polar surface area (TPSA) is 20.2 Å². The van der Waals surface area contributed by atoms with Gasteiger partial charge in [0, 0.05) is 15.8 Å². The van der Waals surface area contributed by atoms with Crippen LogP contribution in [-0.4, -0.2) is 5.11 Å². The maximum absolute atomic E-state index is 10.5. The zero-order chi connectivity index (χ0) is 12.5. The number of hydrogen-bond donors (Lipinski definition) is 1. The van der Waals surface area contributed by atoms with Crippen molar-refractivity contribution in [2.75, 3.05) is 0 Å². The molecule has 1 aromatic carbocycles. The number of aliphatic hydroxyl groups is 1. The normalized spacial score (nSPS) is 14.6. The molecule has 1 nitrogen and oxygen atoms in total. The Morgan fingerprint density at radius 2 is 2.00 bits per heavy atom. The van der Waals surface area contributed by atoms with Gasteiger partial charge in [-0.05, 0) is 52.7 Å². The zero-order valence-corrected chi connectivity index (χ0v) is 13.3. The van der Waals surface area contributed by atoms with Crippen molar-refractivity contribution >= 4 is 43.2 Å². The summed E-state index contributed by atoms with van der Waals surface area (Å²) in [4.78, 5) is 1.17. The van der Waals surface area contributed by atoms with Gasteiger partial charge in [-0.15, -0.1) is 11.3 Å². The first-order chi connectivity index (χ1) is 7.97. The molecule has 0 saturated carbocycles. The van der Waals surface area contributed by atoms with E-state index in [-0.39, 0.29) is 0 Å². The summed E-state index contributed by atoms with van der Waals surface area (Å²) in [6.45, 7) is 1.85. The molecule has 0 saturated heterocycles. The molecule has 1 unspecified atom stereocenters. The van der Waals surface area contributed by atoms with Gasteiger partial charge < -0.3 is 5.11 Å². The van der Waals surface area contributed by atoms with Gasteiger partial charge >= 0.3 is 0 Å². The standard InChI is InChI=1S/C13H12Br2OS/c1-13(16,8-11-5-6-12(15)17-11)9-3-2-4-10(14)7-9/h2-7,16H,8H2,1H3. The fourth-order valence-corrected chi connectivity index (χ4v) is 3.74. The highest BCUT2D eigenvalue weighted by molar-refractivity contribution is 9.11. The maximum Gasteiger partial charge on any atom is 0.0916 e. The molecule has 2 aromatic rings. The quantitative estimate of drug-likeness (QED) is 0.822. The highest BCUT2D eigenvalue weighted by Crippen LogP contribution is 2.31. The second kappa shape index (κ2) is 5.22. The number of benzene rings is 1. The van der Waals surface area contributed by atoms with Crippen LogP contribution < -0.4 is 0 Å². The summed E-state index contributed by atoms with van der Waals surface area (Å²) < 4.78 is 2.08. The molecule has 0 aliphatic carbocycles. The summed E-state index contributed by atoms with van der Waals surface area (Å²) in [6.07, 6.45) is 0.625. The van der Waals surface area contributed by atoms with Crippen LogP contribution in [0.2, 0.25) is 0 Å². The van der Waals surface area contributed by atoms with Gasteiger partial charge in [0.15, 0.2) is 0 Å². The van der Waals surface area contributed by atoms with E-state index < -0.39 is 5.60 Å². The second-order valence-corrected chi connectivity index (χ2v) is 7.63. The van der Waals surface area contributed by atoms with E-state index in [4.69, 9.17) is 0 Å². The lowest BCUT2D eigenvalue weighted by atomic mass is 9.92. The van der Waals surface area contributed by atoms with Crippen LogP contribution >= 0.6 is 43.2 Å². The summed E-state index contributed by atoms with van der Waals surface area (Å²) in [5.41, 5.74) is 0.0880. The highest BCUT2D eigenvalue weighted by atomic mass is 79.9. The second-order valence-electron chi connectivity index (χ2n) is 4.17. The fraction of sp³-hybridized carbons (Fsp3) is 0.231. The van der Waals surface area contributed by atoms with Crippen LogP contribution in [0.3, 0.4) is 0 Å². The first kappa shape index (κ1) is 13.3. The van der Waals surface area contributed by atoms with E-state index in [2.05, 4.69) is 31.9 Å². The van der Waals surface area contributed by atoms with Crippen LogP contribution in [0.5, 0.6) is 0 Å². The van der Waals surface area contributed by atoms with Gasteiger partial charge in [-0.25, -0.2) is 0 Å². The molecule has 4 heteroatoms. The molecular formula is C13H12Br2OS. The average Bonchev–Trinajstić information content (AvgIpc) is 2.63. The Hall–Kier alpha value is -0.160. The van der Waals surface area contributed by atoms with Crippen molar-refractivity contribution in [1.82, 2.24) is 0 Å². The molecular weight excluding hydrogens is 364 g/mol. The molecule has 2 rings (SSSR count). The van der Waals surface area contributed by atoms with Crippen LogP contribution in [0.1, 0.15) is 17.4 Å². The lowest BCUT2D eigenvalue weighted by Crippen LogP contribution is -2.23. The molecule has 0 aliphatic rings. The van der Waals surface area contributed by atoms with E-state index in [0.29, 0.717) is 6.42 Å². The lowest BCUT2D eigenvalue weighted by molar-refractivity contribution is 0.0584. The zero-order valence-electron chi connectivity index (χ0n) is 9.28. The van der Waals surface area contributed by atoms with Crippen molar-refractivity contribution < 1.29 is 5.11 Å². The molecule has 17 heavy (non-hydrogen) atoms. The van der Waals surface area contributed by atoms with Gasteiger partial charge in [-0.2, -0.15) is 0 Å². The largest absolute Gasteiger partial charge is 0.385 e.